The maximum atomic E-state index is 16.1. The van der Waals surface area contributed by atoms with Crippen molar-refractivity contribution in [1.82, 2.24) is 5.32 Å². The molecule has 2 saturated carbocycles. The molecule has 3 aliphatic carbocycles. The number of benzene rings is 3. The highest BCUT2D eigenvalue weighted by Gasteiger charge is 2.79. The van der Waals surface area contributed by atoms with Gasteiger partial charge < -0.3 is 44.0 Å². The minimum absolute atomic E-state index is 0.0335. The summed E-state index contributed by atoms with van der Waals surface area (Å²) in [7, 11) is 0. The summed E-state index contributed by atoms with van der Waals surface area (Å²) in [5.74, 6) is -5.31. The minimum Gasteiger partial charge on any atom is -0.461 e. The third-order valence-electron chi connectivity index (χ3n) is 14.4. The fourth-order valence-corrected chi connectivity index (χ4v) is 10.9. The Morgan fingerprint density at radius 1 is 0.855 bits per heavy atom. The van der Waals surface area contributed by atoms with E-state index in [9.17, 15) is 39.0 Å². The van der Waals surface area contributed by atoms with Gasteiger partial charge in [0, 0.05) is 50.5 Å². The summed E-state index contributed by atoms with van der Waals surface area (Å²) < 4.78 is 37.1. The van der Waals surface area contributed by atoms with Crippen molar-refractivity contribution in [2.75, 3.05) is 6.61 Å². The average molecular weight is 948 g/mol. The van der Waals surface area contributed by atoms with Gasteiger partial charge in [0.15, 0.2) is 23.6 Å². The molecule has 1 heterocycles. The van der Waals surface area contributed by atoms with Crippen molar-refractivity contribution in [2.24, 2.45) is 16.7 Å². The molecule has 1 unspecified atom stereocenters. The van der Waals surface area contributed by atoms with Crippen LogP contribution in [0.25, 0.3) is 0 Å². The molecule has 1 saturated heterocycles. The van der Waals surface area contributed by atoms with Gasteiger partial charge in [-0.15, -0.1) is 12.3 Å². The van der Waals surface area contributed by atoms with Crippen LogP contribution >= 0.6 is 0 Å². The molecular weight excluding hydrogens is 891 g/mol. The highest BCUT2D eigenvalue weighted by atomic mass is 16.6. The normalized spacial score (nSPS) is 29.6. The van der Waals surface area contributed by atoms with E-state index in [4.69, 9.17) is 34.8 Å². The summed E-state index contributed by atoms with van der Waals surface area (Å²) in [4.78, 5) is 98.8. The number of hydrogen-bond donors (Lipinski definition) is 3. The van der Waals surface area contributed by atoms with Crippen molar-refractivity contribution in [3.05, 3.63) is 119 Å². The lowest BCUT2D eigenvalue weighted by molar-refractivity contribution is -0.346. The molecule has 0 aromatic heterocycles. The van der Waals surface area contributed by atoms with E-state index in [1.54, 1.807) is 92.7 Å². The van der Waals surface area contributed by atoms with Crippen molar-refractivity contribution in [1.29, 1.82) is 0 Å². The molecule has 2 bridgehead atoms. The Morgan fingerprint density at radius 2 is 1.46 bits per heavy atom. The first-order chi connectivity index (χ1) is 32.7. The number of amides is 1. The Morgan fingerprint density at radius 3 is 2.03 bits per heavy atom. The molecule has 16 nitrogen and oxygen atoms in total. The van der Waals surface area contributed by atoms with Crippen molar-refractivity contribution < 1.29 is 72.2 Å². The first-order valence-corrected chi connectivity index (χ1v) is 22.9. The Kier molecular flexibility index (Phi) is 14.4. The van der Waals surface area contributed by atoms with E-state index >= 15 is 4.79 Å². The first-order valence-electron chi connectivity index (χ1n) is 22.9. The van der Waals surface area contributed by atoms with E-state index in [0.29, 0.717) is 5.56 Å². The SMILES string of the molecule is C#CCCCC(=O)O[C@H]1C[C@H]2OC[C@@]2(OC(C)=O)C2[C@H](OC(=O)c3ccccc3)[C@]3(O)C[C@H](OC(=O)[C@H](O)[C@@H](NC(=O)c4ccccc4)c4ccccc4)C(C)=C([C@@H](OC(C)=O)C(=O)[C@@]21C)C3(C)C. The number of hydrogen-bond acceptors (Lipinski definition) is 15. The van der Waals surface area contributed by atoms with Crippen LogP contribution in [0.1, 0.15) is 106 Å². The van der Waals surface area contributed by atoms with Gasteiger partial charge in [-0.05, 0) is 61.2 Å². The topological polar surface area (TPSA) is 227 Å². The first kappa shape index (κ1) is 50.2. The van der Waals surface area contributed by atoms with Gasteiger partial charge in [0.25, 0.3) is 5.91 Å². The Bertz CT molecular complexity index is 2550. The molecule has 0 spiro atoms. The zero-order valence-electron chi connectivity index (χ0n) is 39.3. The summed E-state index contributed by atoms with van der Waals surface area (Å²) >= 11 is 0. The van der Waals surface area contributed by atoms with Gasteiger partial charge in [-0.25, -0.2) is 9.59 Å². The van der Waals surface area contributed by atoms with Gasteiger partial charge in [-0.3, -0.25) is 24.0 Å². The number of carbonyl (C=O) groups is 7. The number of unbranched alkanes of at least 4 members (excludes halogenated alkanes) is 1. The quantitative estimate of drug-likeness (QED) is 0.0629. The van der Waals surface area contributed by atoms with Gasteiger partial charge in [0.1, 0.15) is 30.0 Å². The molecule has 3 fully saturated rings. The molecule has 3 aromatic carbocycles. The Balaban J connectivity index is 1.42. The second-order valence-corrected chi connectivity index (χ2v) is 18.9. The van der Waals surface area contributed by atoms with E-state index in [1.807, 2.05) is 0 Å². The van der Waals surface area contributed by atoms with Gasteiger partial charge in [0.05, 0.1) is 29.5 Å². The highest BCUT2D eigenvalue weighted by molar-refractivity contribution is 5.96. The maximum absolute atomic E-state index is 16.1. The van der Waals surface area contributed by atoms with Crippen molar-refractivity contribution in [3.8, 4) is 12.3 Å². The van der Waals surface area contributed by atoms with E-state index < -0.39 is 119 Å². The molecule has 1 amide bonds. The van der Waals surface area contributed by atoms with E-state index in [1.165, 1.54) is 26.0 Å². The fourth-order valence-electron chi connectivity index (χ4n) is 10.9. The molecule has 11 atom stereocenters. The molecule has 3 aromatic rings. The zero-order chi connectivity index (χ0) is 50.1. The third kappa shape index (κ3) is 9.18. The van der Waals surface area contributed by atoms with Gasteiger partial charge in [0.2, 0.25) is 0 Å². The standard InChI is InChI=1S/C53H57NO15/c1-8-9-13-26-39(57)67-37-27-38-52(29-64-38,69-32(4)56)44-46(68-48(61)35-24-18-12-19-25-35)53(63)28-36(30(2)40(50(53,5)6)43(65-31(3)55)45(59)51(37,44)7)66-49(62)42(58)41(33-20-14-10-15-21-33)54-47(60)34-22-16-11-17-23-34/h1,10-12,14-25,36-38,41-44,46,58,63H,9,13,26-29H2,2-7H3,(H,54,60)/t36-,37-,38+,41-,42+,43+,44?,46-,51+,52-,53+/m0/s1. The van der Waals surface area contributed by atoms with Crippen LogP contribution in [0.15, 0.2) is 102 Å². The third-order valence-corrected chi connectivity index (χ3v) is 14.4. The lowest BCUT2D eigenvalue weighted by Gasteiger charge is -2.67. The van der Waals surface area contributed by atoms with Crippen molar-refractivity contribution in [3.63, 3.8) is 0 Å². The molecule has 69 heavy (non-hydrogen) atoms. The number of ketones is 1. The predicted octanol–water partition coefficient (Wildman–Crippen LogP) is 5.09. The number of aliphatic hydroxyl groups excluding tert-OH is 1. The number of nitrogens with one attached hydrogen (secondary N) is 1. The molecule has 16 heteroatoms. The van der Waals surface area contributed by atoms with Crippen LogP contribution in [-0.4, -0.2) is 106 Å². The number of fused-ring (bicyclic) bond motifs is 5. The largest absolute Gasteiger partial charge is 0.461 e. The summed E-state index contributed by atoms with van der Waals surface area (Å²) in [5.41, 5.74) is -7.39. The minimum atomic E-state index is -2.46. The number of rotatable bonds is 14. The lowest BCUT2D eigenvalue weighted by atomic mass is 9.44. The molecule has 3 N–H and O–H groups in total. The second-order valence-electron chi connectivity index (χ2n) is 18.9. The molecule has 364 valence electrons. The number of terminal acetylenes is 1. The summed E-state index contributed by atoms with van der Waals surface area (Å²) in [6.45, 7) is 7.93. The molecule has 4 aliphatic rings. The smallest absolute Gasteiger partial charge is 0.338 e. The lowest BCUT2D eigenvalue weighted by Crippen LogP contribution is -2.82. The van der Waals surface area contributed by atoms with Crippen LogP contribution in [0.5, 0.6) is 0 Å². The number of Topliss-reactive ketones (excluding diaryl/α,β-unsaturated/α-hetero) is 1. The number of carbonyl (C=O) groups excluding carboxylic acids is 7. The molecule has 1 aliphatic heterocycles. The van der Waals surface area contributed by atoms with E-state index in [2.05, 4.69) is 11.2 Å². The van der Waals surface area contributed by atoms with E-state index in [0.717, 1.165) is 13.8 Å². The second kappa shape index (κ2) is 19.7. The Labute approximate surface area is 400 Å². The monoisotopic (exact) mass is 947 g/mol. The van der Waals surface area contributed by atoms with Crippen LogP contribution in [0.2, 0.25) is 0 Å². The predicted molar refractivity (Wildman–Crippen MR) is 244 cm³/mol. The van der Waals surface area contributed by atoms with Crippen LogP contribution in [-0.2, 0) is 52.4 Å². The van der Waals surface area contributed by atoms with Crippen molar-refractivity contribution in [2.45, 2.75) is 128 Å². The van der Waals surface area contributed by atoms with Gasteiger partial charge in [-0.1, -0.05) is 80.6 Å². The molecular formula is C53H57NO15. The van der Waals surface area contributed by atoms with E-state index in [-0.39, 0.29) is 54.6 Å². The number of esters is 5. The van der Waals surface area contributed by atoms with Crippen LogP contribution < -0.4 is 5.32 Å². The highest BCUT2D eigenvalue weighted by Crippen LogP contribution is 2.65. The molecule has 7 rings (SSSR count). The van der Waals surface area contributed by atoms with Crippen LogP contribution in [0.3, 0.4) is 0 Å². The Hall–Kier alpha value is -6.67. The summed E-state index contributed by atoms with van der Waals surface area (Å²) in [5, 5.41) is 28.6. The van der Waals surface area contributed by atoms with Gasteiger partial charge >= 0.3 is 29.8 Å². The maximum Gasteiger partial charge on any atom is 0.338 e. The summed E-state index contributed by atoms with van der Waals surface area (Å²) in [6, 6.07) is 22.8. The average Bonchev–Trinajstić information content (AvgIpc) is 3.31. The van der Waals surface area contributed by atoms with Crippen LogP contribution in [0, 0.1) is 29.1 Å². The number of ether oxygens (including phenoxy) is 6. The number of aliphatic hydroxyl groups is 2. The van der Waals surface area contributed by atoms with Gasteiger partial charge in [-0.2, -0.15) is 0 Å². The molecule has 0 radical (unpaired) electrons. The van der Waals surface area contributed by atoms with Crippen molar-refractivity contribution >= 4 is 41.5 Å². The fraction of sp³-hybridized carbons (Fsp3) is 0.453. The van der Waals surface area contributed by atoms with Crippen LogP contribution in [0.4, 0.5) is 0 Å². The zero-order valence-corrected chi connectivity index (χ0v) is 39.3. The summed E-state index contributed by atoms with van der Waals surface area (Å²) in [6.07, 6.45) is -4.87.